The van der Waals surface area contributed by atoms with Crippen molar-refractivity contribution in [2.24, 2.45) is 0 Å². The lowest BCUT2D eigenvalue weighted by molar-refractivity contribution is 0.604. The number of rotatable bonds is 5. The normalized spacial score (nSPS) is 12.6. The van der Waals surface area contributed by atoms with E-state index >= 15 is 0 Å². The largest absolute Gasteiger partial charge is 0.306 e. The molecular formula is C15H17Cl2NS. The van der Waals surface area contributed by atoms with Crippen LogP contribution in [0.5, 0.6) is 0 Å². The second kappa shape index (κ2) is 6.76. The molecule has 0 spiro atoms. The Labute approximate surface area is 128 Å². The third-order valence-corrected chi connectivity index (χ3v) is 4.50. The molecule has 0 amide bonds. The standard InChI is InChI=1S/C15H17Cl2NS/c1-3-5-18-14(15-10(2)4-6-19-15)11-7-12(16)9-13(17)8-11/h4,6-9,14,18H,3,5H2,1-2H3. The highest BCUT2D eigenvalue weighted by molar-refractivity contribution is 7.10. The van der Waals surface area contributed by atoms with Crippen LogP contribution in [0.1, 0.15) is 35.4 Å². The molecule has 1 unspecified atom stereocenters. The predicted molar refractivity (Wildman–Crippen MR) is 85.7 cm³/mol. The Morgan fingerprint density at radius 3 is 2.42 bits per heavy atom. The lowest BCUT2D eigenvalue weighted by Gasteiger charge is -2.19. The van der Waals surface area contributed by atoms with E-state index < -0.39 is 0 Å². The van der Waals surface area contributed by atoms with Crippen molar-refractivity contribution in [3.05, 3.63) is 55.7 Å². The van der Waals surface area contributed by atoms with Crippen LogP contribution in [0, 0.1) is 6.92 Å². The maximum absolute atomic E-state index is 6.12. The van der Waals surface area contributed by atoms with Crippen molar-refractivity contribution in [1.29, 1.82) is 0 Å². The molecule has 0 aliphatic heterocycles. The first kappa shape index (κ1) is 14.9. The summed E-state index contributed by atoms with van der Waals surface area (Å²) < 4.78 is 0. The number of benzene rings is 1. The Kier molecular flexibility index (Phi) is 5.28. The summed E-state index contributed by atoms with van der Waals surface area (Å²) in [7, 11) is 0. The van der Waals surface area contributed by atoms with Gasteiger partial charge in [-0.25, -0.2) is 0 Å². The van der Waals surface area contributed by atoms with Gasteiger partial charge < -0.3 is 5.32 Å². The van der Waals surface area contributed by atoms with Crippen molar-refractivity contribution in [3.8, 4) is 0 Å². The van der Waals surface area contributed by atoms with E-state index in [0.717, 1.165) is 18.5 Å². The van der Waals surface area contributed by atoms with Gasteiger partial charge in [0.1, 0.15) is 0 Å². The zero-order valence-corrected chi connectivity index (χ0v) is 13.4. The molecule has 4 heteroatoms. The third kappa shape index (κ3) is 3.73. The van der Waals surface area contributed by atoms with Crippen LogP contribution in [-0.2, 0) is 0 Å². The minimum atomic E-state index is 0.163. The van der Waals surface area contributed by atoms with Gasteiger partial charge in [-0.15, -0.1) is 11.3 Å². The molecule has 0 fully saturated rings. The van der Waals surface area contributed by atoms with E-state index in [9.17, 15) is 0 Å². The third-order valence-electron chi connectivity index (χ3n) is 2.98. The molecule has 1 nitrogen and oxygen atoms in total. The first-order valence-corrected chi connectivity index (χ1v) is 7.98. The van der Waals surface area contributed by atoms with Gasteiger partial charge in [0.05, 0.1) is 6.04 Å². The first-order valence-electron chi connectivity index (χ1n) is 6.35. The summed E-state index contributed by atoms with van der Waals surface area (Å²) >= 11 is 14.0. The highest BCUT2D eigenvalue weighted by Gasteiger charge is 2.17. The maximum Gasteiger partial charge on any atom is 0.0674 e. The fourth-order valence-electron chi connectivity index (χ4n) is 2.07. The lowest BCUT2D eigenvalue weighted by atomic mass is 10.0. The smallest absolute Gasteiger partial charge is 0.0674 e. The summed E-state index contributed by atoms with van der Waals surface area (Å²) in [6.45, 7) is 5.26. The van der Waals surface area contributed by atoms with Gasteiger partial charge in [0, 0.05) is 14.9 Å². The van der Waals surface area contributed by atoms with Crippen LogP contribution in [0.25, 0.3) is 0 Å². The zero-order valence-electron chi connectivity index (χ0n) is 11.0. The second-order valence-electron chi connectivity index (χ2n) is 4.56. The summed E-state index contributed by atoms with van der Waals surface area (Å²) in [6, 6.07) is 8.05. The van der Waals surface area contributed by atoms with Gasteiger partial charge in [-0.1, -0.05) is 30.1 Å². The molecule has 1 heterocycles. The Morgan fingerprint density at radius 1 is 1.21 bits per heavy atom. The van der Waals surface area contributed by atoms with E-state index in [4.69, 9.17) is 23.2 Å². The van der Waals surface area contributed by atoms with Crippen LogP contribution < -0.4 is 5.32 Å². The molecule has 1 N–H and O–H groups in total. The molecule has 102 valence electrons. The molecule has 19 heavy (non-hydrogen) atoms. The van der Waals surface area contributed by atoms with Gasteiger partial charge >= 0.3 is 0 Å². The van der Waals surface area contributed by atoms with Gasteiger partial charge in [-0.2, -0.15) is 0 Å². The summed E-state index contributed by atoms with van der Waals surface area (Å²) in [4.78, 5) is 1.33. The average molecular weight is 314 g/mol. The Balaban J connectivity index is 2.39. The van der Waals surface area contributed by atoms with Crippen molar-refractivity contribution in [2.45, 2.75) is 26.3 Å². The molecule has 0 aliphatic rings. The van der Waals surface area contributed by atoms with Gasteiger partial charge in [0.15, 0.2) is 0 Å². The van der Waals surface area contributed by atoms with E-state index in [1.54, 1.807) is 17.4 Å². The Bertz CT molecular complexity index is 531. The molecule has 0 saturated carbocycles. The van der Waals surface area contributed by atoms with E-state index in [2.05, 4.69) is 30.6 Å². The monoisotopic (exact) mass is 313 g/mol. The quantitative estimate of drug-likeness (QED) is 0.773. The first-order chi connectivity index (χ1) is 9.11. The zero-order chi connectivity index (χ0) is 13.8. The van der Waals surface area contributed by atoms with Crippen molar-refractivity contribution in [3.63, 3.8) is 0 Å². The lowest BCUT2D eigenvalue weighted by Crippen LogP contribution is -2.23. The topological polar surface area (TPSA) is 12.0 Å². The van der Waals surface area contributed by atoms with Crippen molar-refractivity contribution in [2.75, 3.05) is 6.54 Å². The molecule has 0 bridgehead atoms. The van der Waals surface area contributed by atoms with Gasteiger partial charge in [0.2, 0.25) is 0 Å². The van der Waals surface area contributed by atoms with E-state index in [1.165, 1.54) is 10.4 Å². The van der Waals surface area contributed by atoms with Crippen LogP contribution in [0.4, 0.5) is 0 Å². The molecule has 1 atom stereocenters. The predicted octanol–water partition coefficient (Wildman–Crippen LogP) is 5.45. The van der Waals surface area contributed by atoms with Crippen molar-refractivity contribution >= 4 is 34.5 Å². The molecule has 0 saturated heterocycles. The fourth-order valence-corrected chi connectivity index (χ4v) is 3.64. The Morgan fingerprint density at radius 2 is 1.89 bits per heavy atom. The summed E-state index contributed by atoms with van der Waals surface area (Å²) in [5.74, 6) is 0. The molecule has 0 radical (unpaired) electrons. The van der Waals surface area contributed by atoms with Crippen LogP contribution >= 0.6 is 34.5 Å². The minimum Gasteiger partial charge on any atom is -0.306 e. The molecule has 1 aromatic heterocycles. The second-order valence-corrected chi connectivity index (χ2v) is 6.38. The number of halogens is 2. The summed E-state index contributed by atoms with van der Waals surface area (Å²) in [5, 5.41) is 7.06. The van der Waals surface area contributed by atoms with E-state index in [1.807, 2.05) is 12.1 Å². The van der Waals surface area contributed by atoms with E-state index in [0.29, 0.717) is 10.0 Å². The van der Waals surface area contributed by atoms with Crippen molar-refractivity contribution < 1.29 is 0 Å². The van der Waals surface area contributed by atoms with Crippen LogP contribution in [-0.4, -0.2) is 6.54 Å². The van der Waals surface area contributed by atoms with Crippen LogP contribution in [0.15, 0.2) is 29.6 Å². The SMILES string of the molecule is CCCNC(c1cc(Cl)cc(Cl)c1)c1sccc1C. The highest BCUT2D eigenvalue weighted by atomic mass is 35.5. The van der Waals surface area contributed by atoms with Gasteiger partial charge in [-0.3, -0.25) is 0 Å². The van der Waals surface area contributed by atoms with Crippen LogP contribution in [0.3, 0.4) is 0 Å². The van der Waals surface area contributed by atoms with Crippen molar-refractivity contribution in [1.82, 2.24) is 5.32 Å². The number of aryl methyl sites for hydroxylation is 1. The molecule has 0 aliphatic carbocycles. The van der Waals surface area contributed by atoms with Gasteiger partial charge in [-0.05, 0) is 60.7 Å². The minimum absolute atomic E-state index is 0.163. The van der Waals surface area contributed by atoms with Gasteiger partial charge in [0.25, 0.3) is 0 Å². The summed E-state index contributed by atoms with van der Waals surface area (Å²) in [5.41, 5.74) is 2.42. The Hall–Kier alpha value is -0.540. The number of hydrogen-bond acceptors (Lipinski definition) is 2. The molecular weight excluding hydrogens is 297 g/mol. The fraction of sp³-hybridized carbons (Fsp3) is 0.333. The number of thiophene rings is 1. The number of hydrogen-bond donors (Lipinski definition) is 1. The highest BCUT2D eigenvalue weighted by Crippen LogP contribution is 2.32. The molecule has 2 rings (SSSR count). The summed E-state index contributed by atoms with van der Waals surface area (Å²) in [6.07, 6.45) is 1.09. The number of nitrogens with one attached hydrogen (secondary N) is 1. The average Bonchev–Trinajstić information content (AvgIpc) is 2.75. The molecule has 1 aromatic carbocycles. The maximum atomic E-state index is 6.12. The van der Waals surface area contributed by atoms with Crippen LogP contribution in [0.2, 0.25) is 10.0 Å². The molecule has 2 aromatic rings. The van der Waals surface area contributed by atoms with E-state index in [-0.39, 0.29) is 6.04 Å².